The van der Waals surface area contributed by atoms with E-state index in [4.69, 9.17) is 0 Å². The molecule has 6 rings (SSSR count). The minimum atomic E-state index is -0.494. The van der Waals surface area contributed by atoms with Gasteiger partial charge < -0.3 is 0 Å². The van der Waals surface area contributed by atoms with Crippen LogP contribution in [0.2, 0.25) is 0 Å². The fraction of sp³-hybridized carbons (Fsp3) is 0.0238. The first-order valence-electron chi connectivity index (χ1n) is 15.1. The van der Waals surface area contributed by atoms with Crippen molar-refractivity contribution in [2.75, 3.05) is 0 Å². The smallest absolute Gasteiger partial charge is 0.193 e. The molecule has 0 amide bonds. The van der Waals surface area contributed by atoms with E-state index in [1.165, 1.54) is 24.3 Å². The topological polar surface area (TPSA) is 85.3 Å². The molecule has 0 N–H and O–H groups in total. The van der Waals surface area contributed by atoms with E-state index in [2.05, 4.69) is 0 Å². The van der Waals surface area contributed by atoms with Crippen LogP contribution in [-0.4, -0.2) is 28.9 Å². The molecule has 0 saturated heterocycles. The zero-order valence-corrected chi connectivity index (χ0v) is 25.3. The van der Waals surface area contributed by atoms with Crippen molar-refractivity contribution in [2.45, 2.75) is 6.42 Å². The molecule has 6 aromatic rings. The molecule has 0 aliphatic rings. The number of ketones is 5. The van der Waals surface area contributed by atoms with E-state index < -0.39 is 5.78 Å². The Morgan fingerprint density at radius 1 is 0.298 bits per heavy atom. The van der Waals surface area contributed by atoms with Crippen LogP contribution in [-0.2, 0) is 6.42 Å². The minimum absolute atomic E-state index is 0.0372. The van der Waals surface area contributed by atoms with Crippen LogP contribution in [0.5, 0.6) is 0 Å². The lowest BCUT2D eigenvalue weighted by Gasteiger charge is -2.12. The van der Waals surface area contributed by atoms with E-state index >= 15 is 0 Å². The summed E-state index contributed by atoms with van der Waals surface area (Å²) in [6.45, 7) is 0. The van der Waals surface area contributed by atoms with Crippen LogP contribution in [0.15, 0.2) is 158 Å². The maximum atomic E-state index is 14.3. The van der Waals surface area contributed by atoms with Crippen LogP contribution < -0.4 is 0 Å². The van der Waals surface area contributed by atoms with Gasteiger partial charge in [0.1, 0.15) is 0 Å². The predicted octanol–water partition coefficient (Wildman–Crippen LogP) is 8.04. The summed E-state index contributed by atoms with van der Waals surface area (Å²) in [5.41, 5.74) is 3.12. The Balaban J connectivity index is 1.45. The molecule has 0 heterocycles. The summed E-state index contributed by atoms with van der Waals surface area (Å²) in [7, 11) is 0. The summed E-state index contributed by atoms with van der Waals surface area (Å²) < 4.78 is 0. The van der Waals surface area contributed by atoms with Gasteiger partial charge in [-0.3, -0.25) is 24.0 Å². The van der Waals surface area contributed by atoms with Gasteiger partial charge in [-0.25, -0.2) is 0 Å². The van der Waals surface area contributed by atoms with Crippen LogP contribution in [0.4, 0.5) is 0 Å². The van der Waals surface area contributed by atoms with Crippen molar-refractivity contribution in [3.63, 3.8) is 0 Å². The van der Waals surface area contributed by atoms with Gasteiger partial charge in [0.05, 0.1) is 0 Å². The van der Waals surface area contributed by atoms with Gasteiger partial charge in [-0.2, -0.15) is 0 Å². The van der Waals surface area contributed by atoms with Gasteiger partial charge in [-0.1, -0.05) is 121 Å². The Hall–Kier alpha value is -6.33. The molecule has 0 aromatic heterocycles. The van der Waals surface area contributed by atoms with Gasteiger partial charge in [0, 0.05) is 56.5 Å². The van der Waals surface area contributed by atoms with Crippen LogP contribution in [0.3, 0.4) is 0 Å². The fourth-order valence-electron chi connectivity index (χ4n) is 5.42. The van der Waals surface area contributed by atoms with Gasteiger partial charge in [0.2, 0.25) is 0 Å². The van der Waals surface area contributed by atoms with Crippen molar-refractivity contribution in [1.29, 1.82) is 0 Å². The Morgan fingerprint density at radius 3 is 0.872 bits per heavy atom. The van der Waals surface area contributed by atoms with E-state index in [0.717, 1.165) is 0 Å². The molecule has 226 valence electrons. The van der Waals surface area contributed by atoms with Crippen molar-refractivity contribution in [1.82, 2.24) is 0 Å². The number of carbonyl (C=O) groups is 5. The van der Waals surface area contributed by atoms with E-state index in [9.17, 15) is 24.0 Å². The van der Waals surface area contributed by atoms with Gasteiger partial charge in [0.15, 0.2) is 28.9 Å². The van der Waals surface area contributed by atoms with Crippen molar-refractivity contribution in [2.24, 2.45) is 0 Å². The number of hydrogen-bond acceptors (Lipinski definition) is 5. The minimum Gasteiger partial charge on any atom is -0.294 e. The number of Topliss-reactive ketones (excluding diaryl/α,β-unsaturated/α-hetero) is 1. The molecule has 0 aliphatic carbocycles. The van der Waals surface area contributed by atoms with E-state index in [1.54, 1.807) is 127 Å². The monoisotopic (exact) mass is 612 g/mol. The zero-order chi connectivity index (χ0) is 32.8. The largest absolute Gasteiger partial charge is 0.294 e. The molecule has 5 nitrogen and oxygen atoms in total. The van der Waals surface area contributed by atoms with Gasteiger partial charge >= 0.3 is 0 Å². The van der Waals surface area contributed by atoms with Gasteiger partial charge in [0.25, 0.3) is 0 Å². The molecule has 0 fully saturated rings. The highest BCUT2D eigenvalue weighted by Gasteiger charge is 2.22. The van der Waals surface area contributed by atoms with E-state index in [0.29, 0.717) is 27.8 Å². The van der Waals surface area contributed by atoms with Crippen molar-refractivity contribution >= 4 is 28.9 Å². The molecule has 6 aromatic carbocycles. The third-order valence-electron chi connectivity index (χ3n) is 7.81. The molecule has 5 heteroatoms. The Kier molecular flexibility index (Phi) is 8.98. The first kappa shape index (κ1) is 30.7. The highest BCUT2D eigenvalue weighted by Crippen LogP contribution is 2.23. The average Bonchev–Trinajstić information content (AvgIpc) is 3.14. The van der Waals surface area contributed by atoms with Crippen molar-refractivity contribution in [3.05, 3.63) is 213 Å². The summed E-state index contributed by atoms with van der Waals surface area (Å²) in [4.78, 5) is 68.2. The Labute approximate surface area is 272 Å². The number of carbonyl (C=O) groups excluding carboxylic acids is 5. The lowest BCUT2D eigenvalue weighted by Crippen LogP contribution is -2.12. The predicted molar refractivity (Wildman–Crippen MR) is 180 cm³/mol. The zero-order valence-electron chi connectivity index (χ0n) is 25.3. The second-order valence-electron chi connectivity index (χ2n) is 11.1. The summed E-state index contributed by atoms with van der Waals surface area (Å²) in [6, 6.07) is 43.9. The normalized spacial score (nSPS) is 10.6. The third-order valence-corrected chi connectivity index (χ3v) is 7.81. The maximum absolute atomic E-state index is 14.3. The molecule has 0 unspecified atom stereocenters. The third kappa shape index (κ3) is 7.00. The lowest BCUT2D eigenvalue weighted by atomic mass is 9.90. The molecule has 0 spiro atoms. The van der Waals surface area contributed by atoms with Crippen LogP contribution in [0.1, 0.15) is 79.6 Å². The van der Waals surface area contributed by atoms with E-state index in [-0.39, 0.29) is 57.4 Å². The molecule has 0 radical (unpaired) electrons. The highest BCUT2D eigenvalue weighted by molar-refractivity contribution is 6.18. The van der Waals surface area contributed by atoms with Gasteiger partial charge in [-0.05, 0) is 42.0 Å². The van der Waals surface area contributed by atoms with Crippen LogP contribution >= 0.6 is 0 Å². The molecular weight excluding hydrogens is 584 g/mol. The summed E-state index contributed by atoms with van der Waals surface area (Å²) in [6.07, 6.45) is -0.0372. The standard InChI is InChI=1S/C42H28O5/c43-38(29-13-5-1-6-14-29)23-28-21-33(39(44)30-15-7-2-8-16-30)24-34(22-28)42(47)37-26-35(40(45)31-17-9-3-10-18-31)25-36(27-37)41(46)32-19-11-4-12-20-32/h1-22,24-27H,23H2. The average molecular weight is 613 g/mol. The SMILES string of the molecule is O=C(Cc1cc(C(=O)c2ccccc2)cc(C(=O)c2cc(C(=O)c3ccccc3)cc(C(=O)c3ccccc3)c2)c1)c1ccccc1. The summed E-state index contributed by atoms with van der Waals surface area (Å²) in [5, 5.41) is 0. The highest BCUT2D eigenvalue weighted by atomic mass is 16.1. The maximum Gasteiger partial charge on any atom is 0.193 e. The number of rotatable bonds is 11. The Bertz CT molecular complexity index is 2050. The second kappa shape index (κ2) is 13.8. The molecule has 0 atom stereocenters. The van der Waals surface area contributed by atoms with Crippen molar-refractivity contribution in [3.8, 4) is 0 Å². The number of benzene rings is 6. The van der Waals surface area contributed by atoms with Crippen molar-refractivity contribution < 1.29 is 24.0 Å². The van der Waals surface area contributed by atoms with Gasteiger partial charge in [-0.15, -0.1) is 0 Å². The Morgan fingerprint density at radius 2 is 0.553 bits per heavy atom. The quantitative estimate of drug-likeness (QED) is 0.138. The van der Waals surface area contributed by atoms with E-state index in [1.807, 2.05) is 6.07 Å². The first-order chi connectivity index (χ1) is 22.9. The summed E-state index contributed by atoms with van der Waals surface area (Å²) >= 11 is 0. The number of hydrogen-bond donors (Lipinski definition) is 0. The molecular formula is C42H28O5. The van der Waals surface area contributed by atoms with Crippen LogP contribution in [0, 0.1) is 0 Å². The molecule has 0 aliphatic heterocycles. The molecule has 47 heavy (non-hydrogen) atoms. The van der Waals surface area contributed by atoms with Crippen LogP contribution in [0.25, 0.3) is 0 Å². The molecule has 0 bridgehead atoms. The first-order valence-corrected chi connectivity index (χ1v) is 15.1. The summed E-state index contributed by atoms with van der Waals surface area (Å²) in [5.74, 6) is -1.65. The lowest BCUT2D eigenvalue weighted by molar-refractivity contribution is 0.0986. The molecule has 0 saturated carbocycles. The second-order valence-corrected chi connectivity index (χ2v) is 11.1. The fourth-order valence-corrected chi connectivity index (χ4v) is 5.42.